The first-order chi connectivity index (χ1) is 17.2. The molecule has 194 valence electrons. The van der Waals surface area contributed by atoms with Crippen LogP contribution in [0, 0.1) is 12.8 Å². The molecule has 1 aromatic carbocycles. The lowest BCUT2D eigenvalue weighted by atomic mass is 10.0. The molecule has 0 aliphatic heterocycles. The van der Waals surface area contributed by atoms with Crippen LogP contribution in [-0.2, 0) is 16.0 Å². The van der Waals surface area contributed by atoms with Gasteiger partial charge in [-0.1, -0.05) is 49.9 Å². The molecule has 0 aliphatic carbocycles. The van der Waals surface area contributed by atoms with Crippen LogP contribution in [-0.4, -0.2) is 30.5 Å². The third-order valence-electron chi connectivity index (χ3n) is 5.37. The molecule has 0 aromatic heterocycles. The third kappa shape index (κ3) is 12.1. The second kappa shape index (κ2) is 16.8. The first kappa shape index (κ1) is 30.2. The molecular formula is C30H40N2O4. The largest absolute Gasteiger partial charge is 0.493 e. The molecule has 1 atom stereocenters. The highest BCUT2D eigenvalue weighted by molar-refractivity contribution is 5.83. The minimum Gasteiger partial charge on any atom is -0.493 e. The second-order valence-electron chi connectivity index (χ2n) is 8.52. The Balaban J connectivity index is 2.64. The first-order valence-corrected chi connectivity index (χ1v) is 12.0. The number of aryl methyl sites for hydroxylation is 2. The van der Waals surface area contributed by atoms with Crippen molar-refractivity contribution in [2.75, 3.05) is 13.2 Å². The van der Waals surface area contributed by atoms with Gasteiger partial charge in [0.2, 0.25) is 0 Å². The molecule has 0 saturated carbocycles. The standard InChI is InChI=1S/C30H40N2O4/c1-7-9-10-17-32-19-26(8-2)12-11-22(3)20-35-25(6)30(31)24(5)21-36-28-15-13-27(23(4)18-28)14-16-29(33)34/h7-13,15,17-19,24H,2,14,16,20-21,31H2,1,3-6H3,(H,33,34)/b9-7-,17-10-,22-11+,26-12+,30-25-,32-19+. The Bertz CT molecular complexity index is 1060. The average Bonchev–Trinajstić information content (AvgIpc) is 2.86. The van der Waals surface area contributed by atoms with E-state index >= 15 is 0 Å². The van der Waals surface area contributed by atoms with Gasteiger partial charge in [-0.15, -0.1) is 0 Å². The number of carboxylic acid groups (broad SMARTS) is 1. The smallest absolute Gasteiger partial charge is 0.303 e. The van der Waals surface area contributed by atoms with Crippen LogP contribution in [0.5, 0.6) is 5.75 Å². The molecule has 3 N–H and O–H groups in total. The maximum Gasteiger partial charge on any atom is 0.303 e. The summed E-state index contributed by atoms with van der Waals surface area (Å²) in [4.78, 5) is 15.0. The van der Waals surface area contributed by atoms with Crippen molar-refractivity contribution < 1.29 is 19.4 Å². The minimum atomic E-state index is -0.801. The summed E-state index contributed by atoms with van der Waals surface area (Å²) in [5.74, 6) is 0.558. The first-order valence-electron chi connectivity index (χ1n) is 12.0. The number of allylic oxidation sites excluding steroid dienone is 8. The van der Waals surface area contributed by atoms with Gasteiger partial charge < -0.3 is 20.3 Å². The van der Waals surface area contributed by atoms with Gasteiger partial charge in [-0.05, 0) is 74.6 Å². The van der Waals surface area contributed by atoms with Crippen molar-refractivity contribution in [2.45, 2.75) is 47.5 Å². The van der Waals surface area contributed by atoms with Crippen molar-refractivity contribution in [3.63, 3.8) is 0 Å². The minimum absolute atomic E-state index is 0.0413. The number of hydrogen-bond acceptors (Lipinski definition) is 5. The lowest BCUT2D eigenvalue weighted by Crippen LogP contribution is -2.19. The molecule has 6 heteroatoms. The van der Waals surface area contributed by atoms with Gasteiger partial charge in [0.05, 0.1) is 12.3 Å². The summed E-state index contributed by atoms with van der Waals surface area (Å²) < 4.78 is 11.8. The fourth-order valence-corrected chi connectivity index (χ4v) is 3.03. The molecule has 0 fully saturated rings. The van der Waals surface area contributed by atoms with E-state index in [4.69, 9.17) is 20.3 Å². The molecule has 0 saturated heterocycles. The zero-order valence-corrected chi connectivity index (χ0v) is 22.2. The number of aliphatic imine (C=N–C) groups is 1. The molecule has 0 radical (unpaired) electrons. The van der Waals surface area contributed by atoms with Gasteiger partial charge in [0.15, 0.2) is 0 Å². The van der Waals surface area contributed by atoms with E-state index in [1.807, 2.05) is 83.2 Å². The van der Waals surface area contributed by atoms with E-state index in [1.54, 1.807) is 18.5 Å². The van der Waals surface area contributed by atoms with Gasteiger partial charge >= 0.3 is 5.97 Å². The van der Waals surface area contributed by atoms with Gasteiger partial charge in [0, 0.05) is 24.8 Å². The van der Waals surface area contributed by atoms with E-state index in [2.05, 4.69) is 11.6 Å². The van der Waals surface area contributed by atoms with Crippen LogP contribution in [0.3, 0.4) is 0 Å². The van der Waals surface area contributed by atoms with E-state index in [0.717, 1.165) is 28.0 Å². The lowest BCUT2D eigenvalue weighted by molar-refractivity contribution is -0.136. The van der Waals surface area contributed by atoms with E-state index < -0.39 is 5.97 Å². The van der Waals surface area contributed by atoms with Crippen molar-refractivity contribution in [2.24, 2.45) is 16.6 Å². The van der Waals surface area contributed by atoms with Crippen LogP contribution < -0.4 is 10.5 Å². The van der Waals surface area contributed by atoms with Crippen molar-refractivity contribution in [3.05, 3.63) is 101 Å². The topological polar surface area (TPSA) is 94.1 Å². The number of carbonyl (C=O) groups is 1. The Labute approximate surface area is 215 Å². The van der Waals surface area contributed by atoms with Crippen LogP contribution in [0.15, 0.2) is 95.0 Å². The molecule has 36 heavy (non-hydrogen) atoms. The van der Waals surface area contributed by atoms with Crippen LogP contribution in [0.25, 0.3) is 0 Å². The number of hydrogen-bond donors (Lipinski definition) is 2. The SMILES string of the molecule is C=CC(/C=N/C=C\C=C/C)=C\C=C(/C)CO/C(C)=C(\N)C(C)COc1ccc(CCC(=O)O)c(C)c1. The number of aliphatic carboxylic acids is 1. The normalized spacial score (nSPS) is 14.4. The van der Waals surface area contributed by atoms with Gasteiger partial charge in [-0.3, -0.25) is 9.79 Å². The van der Waals surface area contributed by atoms with Gasteiger partial charge in [-0.2, -0.15) is 0 Å². The number of carboxylic acids is 1. The molecule has 0 spiro atoms. The van der Waals surface area contributed by atoms with Crippen molar-refractivity contribution in [1.82, 2.24) is 0 Å². The monoisotopic (exact) mass is 492 g/mol. The van der Waals surface area contributed by atoms with E-state index in [9.17, 15) is 4.79 Å². The van der Waals surface area contributed by atoms with Crippen molar-refractivity contribution in [3.8, 4) is 5.75 Å². The highest BCUT2D eigenvalue weighted by Crippen LogP contribution is 2.20. The molecule has 0 aliphatic rings. The Morgan fingerprint density at radius 2 is 2.00 bits per heavy atom. The summed E-state index contributed by atoms with van der Waals surface area (Å²) in [7, 11) is 0. The highest BCUT2D eigenvalue weighted by atomic mass is 16.5. The Hall–Kier alpha value is -3.80. The van der Waals surface area contributed by atoms with E-state index in [0.29, 0.717) is 31.1 Å². The molecule has 1 aromatic rings. The molecule has 0 bridgehead atoms. The summed E-state index contributed by atoms with van der Waals surface area (Å²) in [6.45, 7) is 14.4. The zero-order valence-electron chi connectivity index (χ0n) is 22.2. The lowest BCUT2D eigenvalue weighted by Gasteiger charge is -2.17. The summed E-state index contributed by atoms with van der Waals surface area (Å²) in [5, 5.41) is 8.87. The number of benzene rings is 1. The van der Waals surface area contributed by atoms with Crippen molar-refractivity contribution in [1.29, 1.82) is 0 Å². The maximum atomic E-state index is 10.8. The number of nitrogens with two attached hydrogens (primary N) is 1. The zero-order chi connectivity index (χ0) is 26.9. The fourth-order valence-electron chi connectivity index (χ4n) is 3.03. The van der Waals surface area contributed by atoms with Crippen LogP contribution in [0.4, 0.5) is 0 Å². The number of ether oxygens (including phenoxy) is 2. The summed E-state index contributed by atoms with van der Waals surface area (Å²) in [6.07, 6.45) is 15.4. The van der Waals surface area contributed by atoms with E-state index in [-0.39, 0.29) is 12.3 Å². The van der Waals surface area contributed by atoms with Crippen LogP contribution >= 0.6 is 0 Å². The van der Waals surface area contributed by atoms with Gasteiger partial charge in [0.25, 0.3) is 0 Å². The summed E-state index contributed by atoms with van der Waals surface area (Å²) in [5.41, 5.74) is 10.9. The second-order valence-corrected chi connectivity index (χ2v) is 8.52. The van der Waals surface area contributed by atoms with Crippen molar-refractivity contribution >= 4 is 12.2 Å². The number of nitrogens with zero attached hydrogens (tertiary/aromatic N) is 1. The van der Waals surface area contributed by atoms with E-state index in [1.165, 1.54) is 0 Å². The highest BCUT2D eigenvalue weighted by Gasteiger charge is 2.12. The Morgan fingerprint density at radius 1 is 1.25 bits per heavy atom. The van der Waals surface area contributed by atoms with Gasteiger partial charge in [0.1, 0.15) is 18.1 Å². The van der Waals surface area contributed by atoms with Crippen LogP contribution in [0.1, 0.15) is 45.2 Å². The summed E-state index contributed by atoms with van der Waals surface area (Å²) in [6, 6.07) is 5.71. The van der Waals surface area contributed by atoms with Gasteiger partial charge in [-0.25, -0.2) is 0 Å². The van der Waals surface area contributed by atoms with Crippen LogP contribution in [0.2, 0.25) is 0 Å². The quantitative estimate of drug-likeness (QED) is 0.167. The molecule has 6 nitrogen and oxygen atoms in total. The predicted molar refractivity (Wildman–Crippen MR) is 149 cm³/mol. The maximum absolute atomic E-state index is 10.8. The Kier molecular flexibility index (Phi) is 14.1. The third-order valence-corrected chi connectivity index (χ3v) is 5.37. The average molecular weight is 493 g/mol. The summed E-state index contributed by atoms with van der Waals surface area (Å²) >= 11 is 0. The predicted octanol–water partition coefficient (Wildman–Crippen LogP) is 6.45. The fraction of sp³-hybridized carbons (Fsp3) is 0.333. The molecular weight excluding hydrogens is 452 g/mol. The number of rotatable bonds is 15. The molecule has 1 rings (SSSR count). The molecule has 0 heterocycles. The molecule has 1 unspecified atom stereocenters. The Morgan fingerprint density at radius 3 is 2.64 bits per heavy atom. The molecule has 0 amide bonds.